The van der Waals surface area contributed by atoms with Crippen molar-refractivity contribution in [1.82, 2.24) is 9.78 Å². The summed E-state index contributed by atoms with van der Waals surface area (Å²) in [5.41, 5.74) is 3.53. The average Bonchev–Trinajstić information content (AvgIpc) is 3.24. The van der Waals surface area contributed by atoms with Gasteiger partial charge in [-0.05, 0) is 37.3 Å². The SMILES string of the molecule is Cc1nn(C)cc1C(=O)Nc1ccccc1CCCC1CC1. The molecule has 1 aromatic carbocycles. The molecule has 22 heavy (non-hydrogen) atoms. The zero-order valence-electron chi connectivity index (χ0n) is 13.3. The lowest BCUT2D eigenvalue weighted by Gasteiger charge is -2.10. The van der Waals surface area contributed by atoms with Crippen molar-refractivity contribution in [2.45, 2.75) is 39.0 Å². The second kappa shape index (κ2) is 6.34. The van der Waals surface area contributed by atoms with Crippen molar-refractivity contribution < 1.29 is 4.79 Å². The van der Waals surface area contributed by atoms with Gasteiger partial charge in [0.1, 0.15) is 0 Å². The van der Waals surface area contributed by atoms with Crippen LogP contribution in [0.4, 0.5) is 5.69 Å². The van der Waals surface area contributed by atoms with Gasteiger partial charge in [0.05, 0.1) is 11.3 Å². The molecule has 0 radical (unpaired) electrons. The summed E-state index contributed by atoms with van der Waals surface area (Å²) in [7, 11) is 1.83. The third-order valence-corrected chi connectivity index (χ3v) is 4.28. The number of anilines is 1. The van der Waals surface area contributed by atoms with Gasteiger partial charge in [-0.15, -0.1) is 0 Å². The first-order valence-electron chi connectivity index (χ1n) is 8.03. The molecule has 1 fully saturated rings. The Morgan fingerprint density at radius 2 is 2.14 bits per heavy atom. The van der Waals surface area contributed by atoms with E-state index in [1.165, 1.54) is 31.2 Å². The number of hydrogen-bond donors (Lipinski definition) is 1. The lowest BCUT2D eigenvalue weighted by Crippen LogP contribution is -2.13. The number of hydrogen-bond acceptors (Lipinski definition) is 2. The van der Waals surface area contributed by atoms with Gasteiger partial charge in [-0.1, -0.05) is 37.5 Å². The molecule has 1 heterocycles. The average molecular weight is 297 g/mol. The molecule has 3 rings (SSSR count). The highest BCUT2D eigenvalue weighted by molar-refractivity contribution is 6.05. The number of para-hydroxylation sites is 1. The van der Waals surface area contributed by atoms with Gasteiger partial charge in [0, 0.05) is 18.9 Å². The van der Waals surface area contributed by atoms with Crippen molar-refractivity contribution in [2.75, 3.05) is 5.32 Å². The molecule has 1 aromatic heterocycles. The standard InChI is InChI=1S/C18H23N3O/c1-13-16(12-21(2)20-13)18(22)19-17-9-4-3-7-15(17)8-5-6-14-10-11-14/h3-4,7,9,12,14H,5-6,8,10-11H2,1-2H3,(H,19,22). The third kappa shape index (κ3) is 3.56. The number of carbonyl (C=O) groups is 1. The molecule has 4 nitrogen and oxygen atoms in total. The maximum Gasteiger partial charge on any atom is 0.259 e. The van der Waals surface area contributed by atoms with Crippen molar-refractivity contribution in [2.24, 2.45) is 13.0 Å². The molecule has 1 amide bonds. The van der Waals surface area contributed by atoms with E-state index in [1.54, 1.807) is 10.9 Å². The van der Waals surface area contributed by atoms with E-state index in [1.807, 2.05) is 32.2 Å². The number of rotatable bonds is 6. The molecule has 4 heteroatoms. The van der Waals surface area contributed by atoms with Crippen LogP contribution in [-0.2, 0) is 13.5 Å². The van der Waals surface area contributed by atoms with Crippen LogP contribution in [0.15, 0.2) is 30.5 Å². The summed E-state index contributed by atoms with van der Waals surface area (Å²) in [4.78, 5) is 12.4. The van der Waals surface area contributed by atoms with Gasteiger partial charge in [0.2, 0.25) is 0 Å². The Morgan fingerprint density at radius 3 is 2.82 bits per heavy atom. The predicted molar refractivity (Wildman–Crippen MR) is 88.0 cm³/mol. The Labute approximate surface area is 131 Å². The summed E-state index contributed by atoms with van der Waals surface area (Å²) >= 11 is 0. The fourth-order valence-corrected chi connectivity index (χ4v) is 2.86. The van der Waals surface area contributed by atoms with E-state index in [9.17, 15) is 4.79 Å². The van der Waals surface area contributed by atoms with E-state index in [0.29, 0.717) is 5.56 Å². The van der Waals surface area contributed by atoms with Crippen LogP contribution < -0.4 is 5.32 Å². The maximum atomic E-state index is 12.4. The summed E-state index contributed by atoms with van der Waals surface area (Å²) in [5.74, 6) is 0.875. The van der Waals surface area contributed by atoms with Crippen molar-refractivity contribution in [3.05, 3.63) is 47.3 Å². The van der Waals surface area contributed by atoms with Crippen LogP contribution in [0.1, 0.15) is 47.3 Å². The Balaban J connectivity index is 1.68. The first-order chi connectivity index (χ1) is 10.6. The van der Waals surface area contributed by atoms with Gasteiger partial charge in [-0.25, -0.2) is 0 Å². The third-order valence-electron chi connectivity index (χ3n) is 4.28. The van der Waals surface area contributed by atoms with Crippen LogP contribution in [0.25, 0.3) is 0 Å². The van der Waals surface area contributed by atoms with Gasteiger partial charge in [-0.3, -0.25) is 9.48 Å². The highest BCUT2D eigenvalue weighted by Gasteiger charge is 2.20. The summed E-state index contributed by atoms with van der Waals surface area (Å²) in [6, 6.07) is 8.10. The molecule has 0 saturated heterocycles. The molecule has 1 saturated carbocycles. The van der Waals surface area contributed by atoms with Crippen LogP contribution in [-0.4, -0.2) is 15.7 Å². The van der Waals surface area contributed by atoms with Crippen molar-refractivity contribution in [3.63, 3.8) is 0 Å². The van der Waals surface area contributed by atoms with Crippen molar-refractivity contribution >= 4 is 11.6 Å². The highest BCUT2D eigenvalue weighted by Crippen LogP contribution is 2.34. The van der Waals surface area contributed by atoms with E-state index >= 15 is 0 Å². The van der Waals surface area contributed by atoms with Crippen LogP contribution in [0.5, 0.6) is 0 Å². The molecule has 0 bridgehead atoms. The van der Waals surface area contributed by atoms with Gasteiger partial charge in [0.25, 0.3) is 5.91 Å². The molecule has 1 aliphatic carbocycles. The Hall–Kier alpha value is -2.10. The monoisotopic (exact) mass is 297 g/mol. The first-order valence-corrected chi connectivity index (χ1v) is 8.03. The summed E-state index contributed by atoms with van der Waals surface area (Å²) < 4.78 is 1.67. The number of aromatic nitrogens is 2. The summed E-state index contributed by atoms with van der Waals surface area (Å²) in [6.45, 7) is 1.86. The maximum absolute atomic E-state index is 12.4. The minimum absolute atomic E-state index is 0.0831. The lowest BCUT2D eigenvalue weighted by molar-refractivity contribution is 0.102. The first kappa shape index (κ1) is 14.8. The van der Waals surface area contributed by atoms with E-state index in [2.05, 4.69) is 16.5 Å². The quantitative estimate of drug-likeness (QED) is 0.883. The number of amides is 1. The van der Waals surface area contributed by atoms with Gasteiger partial charge in [-0.2, -0.15) is 5.10 Å². The molecule has 1 aliphatic rings. The van der Waals surface area contributed by atoms with E-state index in [4.69, 9.17) is 0 Å². The van der Waals surface area contributed by atoms with Crippen LogP contribution >= 0.6 is 0 Å². The number of nitrogens with one attached hydrogen (secondary N) is 1. The number of nitrogens with zero attached hydrogens (tertiary/aromatic N) is 2. The van der Waals surface area contributed by atoms with Crippen molar-refractivity contribution in [3.8, 4) is 0 Å². The van der Waals surface area contributed by atoms with Gasteiger partial charge < -0.3 is 5.32 Å². The van der Waals surface area contributed by atoms with E-state index in [-0.39, 0.29) is 5.91 Å². The van der Waals surface area contributed by atoms with Crippen LogP contribution in [0, 0.1) is 12.8 Å². The Bertz CT molecular complexity index is 671. The minimum atomic E-state index is -0.0831. The number of carbonyl (C=O) groups excluding carboxylic acids is 1. The van der Waals surface area contributed by atoms with E-state index < -0.39 is 0 Å². The Morgan fingerprint density at radius 1 is 1.36 bits per heavy atom. The molecular weight excluding hydrogens is 274 g/mol. The zero-order chi connectivity index (χ0) is 15.5. The fraction of sp³-hybridized carbons (Fsp3) is 0.444. The molecule has 0 aliphatic heterocycles. The smallest absolute Gasteiger partial charge is 0.259 e. The van der Waals surface area contributed by atoms with Gasteiger partial charge >= 0.3 is 0 Å². The molecule has 0 unspecified atom stereocenters. The molecule has 0 atom stereocenters. The second-order valence-corrected chi connectivity index (χ2v) is 6.25. The molecule has 0 spiro atoms. The van der Waals surface area contributed by atoms with Crippen LogP contribution in [0.3, 0.4) is 0 Å². The normalized spacial score (nSPS) is 14.1. The molecular formula is C18H23N3O. The largest absolute Gasteiger partial charge is 0.322 e. The van der Waals surface area contributed by atoms with Gasteiger partial charge in [0.15, 0.2) is 0 Å². The second-order valence-electron chi connectivity index (χ2n) is 6.25. The highest BCUT2D eigenvalue weighted by atomic mass is 16.1. The molecule has 1 N–H and O–H groups in total. The summed E-state index contributed by atoms with van der Waals surface area (Å²) in [5, 5.41) is 7.27. The Kier molecular flexibility index (Phi) is 4.27. The summed E-state index contributed by atoms with van der Waals surface area (Å²) in [6.07, 6.45) is 8.10. The number of benzene rings is 1. The number of aryl methyl sites for hydroxylation is 3. The minimum Gasteiger partial charge on any atom is -0.322 e. The van der Waals surface area contributed by atoms with Crippen molar-refractivity contribution in [1.29, 1.82) is 0 Å². The molecule has 2 aromatic rings. The van der Waals surface area contributed by atoms with E-state index in [0.717, 1.165) is 23.7 Å². The fourth-order valence-electron chi connectivity index (χ4n) is 2.86. The predicted octanol–water partition coefficient (Wildman–Crippen LogP) is 3.71. The van der Waals surface area contributed by atoms with Crippen LogP contribution in [0.2, 0.25) is 0 Å². The topological polar surface area (TPSA) is 46.9 Å². The lowest BCUT2D eigenvalue weighted by atomic mass is 10.0. The zero-order valence-corrected chi connectivity index (χ0v) is 13.3. The molecule has 116 valence electrons.